The summed E-state index contributed by atoms with van der Waals surface area (Å²) in [6, 6.07) is 25.6. The highest BCUT2D eigenvalue weighted by molar-refractivity contribution is 8.13. The minimum absolute atomic E-state index is 0.426. The molecule has 0 amide bonds. The van der Waals surface area contributed by atoms with Crippen LogP contribution in [0.1, 0.15) is 16.7 Å². The fourth-order valence-corrected chi connectivity index (χ4v) is 3.14. The van der Waals surface area contributed by atoms with E-state index < -0.39 is 0 Å². The molecule has 0 aliphatic carbocycles. The van der Waals surface area contributed by atoms with Crippen LogP contribution in [0.2, 0.25) is 0 Å². The molecule has 2 N–H and O–H groups in total. The molecule has 5 nitrogen and oxygen atoms in total. The highest BCUT2D eigenvalue weighted by Gasteiger charge is 2.00. The van der Waals surface area contributed by atoms with E-state index in [0.29, 0.717) is 11.8 Å². The van der Waals surface area contributed by atoms with Crippen molar-refractivity contribution in [1.29, 1.82) is 0 Å². The summed E-state index contributed by atoms with van der Waals surface area (Å²) in [6.45, 7) is 0.457. The van der Waals surface area contributed by atoms with Gasteiger partial charge in [-0.3, -0.25) is 0 Å². The van der Waals surface area contributed by atoms with Crippen LogP contribution in [0.5, 0.6) is 11.5 Å². The molecule has 0 aromatic heterocycles. The largest absolute Gasteiger partial charge is 0.497 e. The maximum atomic E-state index is 5.92. The van der Waals surface area contributed by atoms with Crippen molar-refractivity contribution in [2.75, 3.05) is 7.11 Å². The average molecular weight is 406 g/mol. The molecule has 29 heavy (non-hydrogen) atoms. The van der Waals surface area contributed by atoms with E-state index in [9.17, 15) is 0 Å². The van der Waals surface area contributed by atoms with Crippen molar-refractivity contribution in [3.05, 3.63) is 95.6 Å². The van der Waals surface area contributed by atoms with E-state index in [0.717, 1.165) is 28.4 Å². The van der Waals surface area contributed by atoms with Gasteiger partial charge in [-0.2, -0.15) is 5.10 Å². The second-order valence-corrected chi connectivity index (χ2v) is 7.17. The Bertz CT molecular complexity index is 975. The zero-order chi connectivity index (χ0) is 20.3. The normalized spacial score (nSPS) is 11.6. The highest BCUT2D eigenvalue weighted by atomic mass is 32.2. The van der Waals surface area contributed by atoms with E-state index >= 15 is 0 Å². The Morgan fingerprint density at radius 2 is 1.69 bits per heavy atom. The molecular weight excluding hydrogens is 382 g/mol. The molecule has 0 atom stereocenters. The topological polar surface area (TPSA) is 69.2 Å². The van der Waals surface area contributed by atoms with Gasteiger partial charge in [0, 0.05) is 5.75 Å². The number of nitrogens with zero attached hydrogens (tertiary/aromatic N) is 2. The van der Waals surface area contributed by atoms with Crippen LogP contribution in [0.4, 0.5) is 0 Å². The molecule has 0 aliphatic rings. The number of benzene rings is 3. The van der Waals surface area contributed by atoms with Crippen LogP contribution in [0, 0.1) is 0 Å². The smallest absolute Gasteiger partial charge is 0.180 e. The highest BCUT2D eigenvalue weighted by Crippen LogP contribution is 2.17. The average Bonchev–Trinajstić information content (AvgIpc) is 2.77. The fourth-order valence-electron chi connectivity index (χ4n) is 2.53. The third-order valence-corrected chi connectivity index (χ3v) is 4.85. The molecule has 0 saturated heterocycles. The molecular formula is C23H23N3O2S. The Kier molecular flexibility index (Phi) is 7.72. The van der Waals surface area contributed by atoms with Gasteiger partial charge in [-0.15, -0.1) is 5.10 Å². The zero-order valence-electron chi connectivity index (χ0n) is 16.2. The Morgan fingerprint density at radius 3 is 2.52 bits per heavy atom. The van der Waals surface area contributed by atoms with Crippen LogP contribution < -0.4 is 15.2 Å². The fraction of sp³-hybridized carbons (Fsp3) is 0.130. The summed E-state index contributed by atoms with van der Waals surface area (Å²) >= 11 is 1.46. The van der Waals surface area contributed by atoms with E-state index in [4.69, 9.17) is 15.2 Å². The molecule has 0 saturated carbocycles. The molecule has 0 heterocycles. The van der Waals surface area contributed by atoms with Gasteiger partial charge in [0.2, 0.25) is 0 Å². The van der Waals surface area contributed by atoms with Crippen molar-refractivity contribution in [2.24, 2.45) is 15.9 Å². The molecule has 0 radical (unpaired) electrons. The third kappa shape index (κ3) is 7.01. The van der Waals surface area contributed by atoms with Gasteiger partial charge < -0.3 is 15.2 Å². The number of rotatable bonds is 8. The molecule has 6 heteroatoms. The van der Waals surface area contributed by atoms with Crippen LogP contribution >= 0.6 is 11.8 Å². The van der Waals surface area contributed by atoms with Gasteiger partial charge in [0.05, 0.1) is 13.3 Å². The summed E-state index contributed by atoms with van der Waals surface area (Å²) in [7, 11) is 1.65. The van der Waals surface area contributed by atoms with Gasteiger partial charge in [-0.25, -0.2) is 0 Å². The Morgan fingerprint density at radius 1 is 0.931 bits per heavy atom. The number of hydrogen-bond donors (Lipinski definition) is 1. The number of thioether (sulfide) groups is 1. The van der Waals surface area contributed by atoms with Crippen LogP contribution in [-0.2, 0) is 12.4 Å². The van der Waals surface area contributed by atoms with Crippen LogP contribution in [-0.4, -0.2) is 18.5 Å². The molecule has 0 aliphatic heterocycles. The SMILES string of the molecule is COc1cccc(COc2cccc(C=NN=C(N)SCc3ccccc3)c2)c1. The van der Waals surface area contributed by atoms with Crippen LogP contribution in [0.3, 0.4) is 0 Å². The molecule has 3 aromatic rings. The number of methoxy groups -OCH3 is 1. The van der Waals surface area contributed by atoms with Crippen molar-refractivity contribution in [3.8, 4) is 11.5 Å². The summed E-state index contributed by atoms with van der Waals surface area (Å²) < 4.78 is 11.1. The lowest BCUT2D eigenvalue weighted by Gasteiger charge is -2.08. The standard InChI is InChI=1S/C23H23N3O2S/c1-27-21-11-6-10-20(14-21)16-28-22-12-5-9-19(13-22)15-25-26-23(24)29-17-18-7-3-2-4-8-18/h2-15H,16-17H2,1H3,(H2,24,26). The summed E-state index contributed by atoms with van der Waals surface area (Å²) in [5.74, 6) is 2.33. The van der Waals surface area contributed by atoms with Gasteiger partial charge in [-0.1, -0.05) is 66.4 Å². The summed E-state index contributed by atoms with van der Waals surface area (Å²) in [5.41, 5.74) is 9.04. The van der Waals surface area contributed by atoms with Crippen molar-refractivity contribution in [1.82, 2.24) is 0 Å². The first kappa shape index (κ1) is 20.5. The Balaban J connectivity index is 1.53. The number of nitrogens with two attached hydrogens (primary N) is 1. The van der Waals surface area contributed by atoms with E-state index in [1.54, 1.807) is 13.3 Å². The lowest BCUT2D eigenvalue weighted by atomic mass is 10.2. The second-order valence-electron chi connectivity index (χ2n) is 6.17. The third-order valence-electron chi connectivity index (χ3n) is 3.99. The Hall–Kier alpha value is -3.25. The first-order valence-corrected chi connectivity index (χ1v) is 10.1. The van der Waals surface area contributed by atoms with E-state index in [1.165, 1.54) is 17.3 Å². The van der Waals surface area contributed by atoms with Gasteiger partial charge in [-0.05, 0) is 41.0 Å². The van der Waals surface area contributed by atoms with Gasteiger partial charge in [0.15, 0.2) is 5.17 Å². The second kappa shape index (κ2) is 10.9. The maximum Gasteiger partial charge on any atom is 0.180 e. The van der Waals surface area contributed by atoms with Crippen molar-refractivity contribution in [2.45, 2.75) is 12.4 Å². The first-order valence-electron chi connectivity index (χ1n) is 9.12. The lowest BCUT2D eigenvalue weighted by Crippen LogP contribution is -2.06. The van der Waals surface area contributed by atoms with Crippen molar-refractivity contribution < 1.29 is 9.47 Å². The van der Waals surface area contributed by atoms with Crippen molar-refractivity contribution in [3.63, 3.8) is 0 Å². The molecule has 3 aromatic carbocycles. The minimum atomic E-state index is 0.426. The first-order chi connectivity index (χ1) is 14.2. The van der Waals surface area contributed by atoms with Crippen molar-refractivity contribution >= 4 is 23.1 Å². The molecule has 148 valence electrons. The monoisotopic (exact) mass is 405 g/mol. The summed E-state index contributed by atoms with van der Waals surface area (Å²) in [4.78, 5) is 0. The maximum absolute atomic E-state index is 5.92. The molecule has 0 unspecified atom stereocenters. The minimum Gasteiger partial charge on any atom is -0.497 e. The van der Waals surface area contributed by atoms with E-state index in [1.807, 2.05) is 66.7 Å². The van der Waals surface area contributed by atoms with E-state index in [-0.39, 0.29) is 0 Å². The molecule has 0 spiro atoms. The molecule has 0 fully saturated rings. The number of amidine groups is 1. The quantitative estimate of drug-likeness (QED) is 0.330. The number of ether oxygens (including phenoxy) is 2. The summed E-state index contributed by atoms with van der Waals surface area (Å²) in [5, 5.41) is 8.56. The molecule has 3 rings (SSSR count). The van der Waals surface area contributed by atoms with Crippen LogP contribution in [0.15, 0.2) is 89.1 Å². The summed E-state index contributed by atoms with van der Waals surface area (Å²) in [6.07, 6.45) is 1.66. The predicted octanol–water partition coefficient (Wildman–Crippen LogP) is 4.86. The van der Waals surface area contributed by atoms with E-state index in [2.05, 4.69) is 22.3 Å². The number of hydrogen-bond acceptors (Lipinski definition) is 5. The van der Waals surface area contributed by atoms with Crippen LogP contribution in [0.25, 0.3) is 0 Å². The van der Waals surface area contributed by atoms with Gasteiger partial charge >= 0.3 is 0 Å². The molecule has 0 bridgehead atoms. The van der Waals surface area contributed by atoms with Gasteiger partial charge in [0.25, 0.3) is 0 Å². The van der Waals surface area contributed by atoms with Gasteiger partial charge in [0.1, 0.15) is 18.1 Å². The predicted molar refractivity (Wildman–Crippen MR) is 121 cm³/mol. The Labute approximate surface area is 175 Å². The lowest BCUT2D eigenvalue weighted by molar-refractivity contribution is 0.305. The zero-order valence-corrected chi connectivity index (χ0v) is 17.0.